The number of hydrogen-bond acceptors (Lipinski definition) is 3. The largest absolute Gasteiger partial charge is 0.508 e. The Hall–Kier alpha value is -1.26. The molecular formula is C27H40Cl2N2O. The molecule has 1 heterocycles. The van der Waals surface area contributed by atoms with Gasteiger partial charge in [-0.3, -0.25) is 4.90 Å². The molecule has 2 aromatic carbocycles. The Kier molecular flexibility index (Phi) is 9.90. The number of halogens is 2. The molecule has 0 radical (unpaired) electrons. The van der Waals surface area contributed by atoms with Crippen LogP contribution in [0, 0.1) is 5.92 Å². The van der Waals surface area contributed by atoms with Crippen LogP contribution in [-0.2, 0) is 11.8 Å². The molecule has 1 saturated heterocycles. The number of benzene rings is 2. The standard InChI is InChI=1S/C27H38N2O.2ClH/c1-4-28(3)24-17-25-19-27(18-24,23-13-8-14-26(30)16-23)21(2)20-29(25)15-9-12-22-10-6-5-7-11-22;;/h5-8,10-11,13-14,16,21,24-25,30H,4,9,12,15,17-20H2,1-3H3;2*1H/t21-,24+,25+,27+;;/m1../s1. The highest BCUT2D eigenvalue weighted by molar-refractivity contribution is 5.85. The van der Waals surface area contributed by atoms with Gasteiger partial charge in [-0.15, -0.1) is 24.8 Å². The SMILES string of the molecule is CCN(C)[C@H]1C[C@H]2C[C@@](c3cccc(O)c3)(C1)[C@H](C)CN2CCCc1ccccc1.Cl.Cl. The topological polar surface area (TPSA) is 26.7 Å². The number of likely N-dealkylation sites (tertiary alicyclic amines) is 1. The molecule has 178 valence electrons. The Morgan fingerprint density at radius 2 is 1.81 bits per heavy atom. The molecule has 4 atom stereocenters. The van der Waals surface area contributed by atoms with Gasteiger partial charge in [0.25, 0.3) is 0 Å². The second kappa shape index (κ2) is 11.7. The van der Waals surface area contributed by atoms with Gasteiger partial charge in [0.15, 0.2) is 0 Å². The predicted molar refractivity (Wildman–Crippen MR) is 140 cm³/mol. The molecule has 3 nitrogen and oxygen atoms in total. The first-order valence-corrected chi connectivity index (χ1v) is 11.8. The number of fused-ring (bicyclic) bond motifs is 2. The van der Waals surface area contributed by atoms with Crippen molar-refractivity contribution in [3.8, 4) is 5.75 Å². The summed E-state index contributed by atoms with van der Waals surface area (Å²) in [6, 6.07) is 20.3. The van der Waals surface area contributed by atoms with Crippen LogP contribution in [0.3, 0.4) is 0 Å². The van der Waals surface area contributed by atoms with Gasteiger partial charge < -0.3 is 10.0 Å². The van der Waals surface area contributed by atoms with E-state index >= 15 is 0 Å². The zero-order chi connectivity index (χ0) is 21.1. The van der Waals surface area contributed by atoms with Crippen LogP contribution >= 0.6 is 24.8 Å². The van der Waals surface area contributed by atoms with Gasteiger partial charge in [-0.25, -0.2) is 0 Å². The molecule has 1 N–H and O–H groups in total. The van der Waals surface area contributed by atoms with Gasteiger partial charge in [-0.1, -0.05) is 56.3 Å². The zero-order valence-electron chi connectivity index (χ0n) is 19.7. The Morgan fingerprint density at radius 1 is 1.06 bits per heavy atom. The van der Waals surface area contributed by atoms with Crippen molar-refractivity contribution < 1.29 is 5.11 Å². The molecule has 5 heteroatoms. The van der Waals surface area contributed by atoms with Gasteiger partial charge >= 0.3 is 0 Å². The fraction of sp³-hybridized carbons (Fsp3) is 0.556. The van der Waals surface area contributed by atoms with Crippen LogP contribution < -0.4 is 0 Å². The zero-order valence-corrected chi connectivity index (χ0v) is 21.4. The van der Waals surface area contributed by atoms with Crippen LogP contribution in [0.1, 0.15) is 50.7 Å². The number of piperidine rings is 1. The Labute approximate surface area is 207 Å². The molecule has 2 fully saturated rings. The lowest BCUT2D eigenvalue weighted by molar-refractivity contribution is -0.0246. The van der Waals surface area contributed by atoms with Crippen LogP contribution in [0.4, 0.5) is 0 Å². The van der Waals surface area contributed by atoms with E-state index in [1.54, 1.807) is 6.07 Å². The van der Waals surface area contributed by atoms with Crippen LogP contribution in [0.5, 0.6) is 5.75 Å². The van der Waals surface area contributed by atoms with Crippen molar-refractivity contribution in [2.75, 3.05) is 26.7 Å². The number of phenolic OH excluding ortho intramolecular Hbond substituents is 1. The number of hydrogen-bond donors (Lipinski definition) is 1. The number of nitrogens with zero attached hydrogens (tertiary/aromatic N) is 2. The number of aromatic hydroxyl groups is 1. The Morgan fingerprint density at radius 3 is 2.50 bits per heavy atom. The molecule has 4 rings (SSSR count). The fourth-order valence-electron chi connectivity index (χ4n) is 6.10. The highest BCUT2D eigenvalue weighted by Gasteiger charge is 2.51. The lowest BCUT2D eigenvalue weighted by atomic mass is 9.57. The second-order valence-electron chi connectivity index (χ2n) is 9.72. The van der Waals surface area contributed by atoms with Crippen LogP contribution in [0.15, 0.2) is 54.6 Å². The molecular weight excluding hydrogens is 439 g/mol. The van der Waals surface area contributed by atoms with E-state index in [2.05, 4.69) is 67.1 Å². The van der Waals surface area contributed by atoms with E-state index in [-0.39, 0.29) is 30.2 Å². The van der Waals surface area contributed by atoms with Gasteiger partial charge in [0.1, 0.15) is 5.75 Å². The average Bonchev–Trinajstić information content (AvgIpc) is 2.77. The van der Waals surface area contributed by atoms with E-state index < -0.39 is 0 Å². The molecule has 1 aliphatic heterocycles. The molecule has 0 unspecified atom stereocenters. The predicted octanol–water partition coefficient (Wildman–Crippen LogP) is 5.93. The number of rotatable bonds is 7. The van der Waals surface area contributed by atoms with E-state index in [0.29, 0.717) is 23.8 Å². The van der Waals surface area contributed by atoms with Crippen molar-refractivity contribution in [1.82, 2.24) is 9.80 Å². The first-order chi connectivity index (χ1) is 14.5. The Balaban J connectivity index is 0.00000181. The van der Waals surface area contributed by atoms with Crippen molar-refractivity contribution >= 4 is 24.8 Å². The summed E-state index contributed by atoms with van der Waals surface area (Å²) in [5.41, 5.74) is 2.97. The maximum Gasteiger partial charge on any atom is 0.115 e. The summed E-state index contributed by atoms with van der Waals surface area (Å²) in [7, 11) is 2.28. The summed E-state index contributed by atoms with van der Waals surface area (Å²) in [4.78, 5) is 5.33. The summed E-state index contributed by atoms with van der Waals surface area (Å²) < 4.78 is 0. The molecule has 0 amide bonds. The normalized spacial score (nSPS) is 27.4. The maximum absolute atomic E-state index is 10.2. The van der Waals surface area contributed by atoms with E-state index in [1.165, 1.54) is 43.4 Å². The third kappa shape index (κ3) is 5.62. The average molecular weight is 480 g/mol. The van der Waals surface area contributed by atoms with Gasteiger partial charge in [-0.2, -0.15) is 0 Å². The van der Waals surface area contributed by atoms with Crippen LogP contribution in [0.2, 0.25) is 0 Å². The summed E-state index contributed by atoms with van der Waals surface area (Å²) in [5.74, 6) is 0.988. The van der Waals surface area contributed by atoms with Gasteiger partial charge in [0.05, 0.1) is 0 Å². The summed E-state index contributed by atoms with van der Waals surface area (Å²) in [6.45, 7) is 8.15. The van der Waals surface area contributed by atoms with Crippen molar-refractivity contribution in [1.29, 1.82) is 0 Å². The third-order valence-corrected chi connectivity index (χ3v) is 8.01. The lowest BCUT2D eigenvalue weighted by Gasteiger charge is -2.57. The third-order valence-electron chi connectivity index (χ3n) is 8.01. The van der Waals surface area contributed by atoms with Crippen molar-refractivity contribution in [2.24, 2.45) is 5.92 Å². The fourth-order valence-corrected chi connectivity index (χ4v) is 6.10. The lowest BCUT2D eigenvalue weighted by Crippen LogP contribution is -2.61. The molecule has 1 aliphatic carbocycles. The first kappa shape index (κ1) is 27.0. The Bertz CT molecular complexity index is 833. The number of phenols is 1. The van der Waals surface area contributed by atoms with Crippen molar-refractivity contribution in [3.63, 3.8) is 0 Å². The molecule has 2 aromatic rings. The van der Waals surface area contributed by atoms with E-state index in [1.807, 2.05) is 12.1 Å². The summed E-state index contributed by atoms with van der Waals surface area (Å²) >= 11 is 0. The van der Waals surface area contributed by atoms with E-state index in [9.17, 15) is 5.11 Å². The van der Waals surface area contributed by atoms with Crippen LogP contribution in [-0.4, -0.2) is 53.7 Å². The monoisotopic (exact) mass is 478 g/mol. The molecule has 0 spiro atoms. The van der Waals surface area contributed by atoms with Crippen molar-refractivity contribution in [3.05, 3.63) is 65.7 Å². The maximum atomic E-state index is 10.2. The number of aryl methyl sites for hydroxylation is 1. The molecule has 2 bridgehead atoms. The minimum atomic E-state index is 0. The van der Waals surface area contributed by atoms with Gasteiger partial charge in [-0.05, 0) is 81.4 Å². The minimum absolute atomic E-state index is 0. The molecule has 32 heavy (non-hydrogen) atoms. The van der Waals surface area contributed by atoms with Gasteiger partial charge in [0, 0.05) is 24.0 Å². The highest BCUT2D eigenvalue weighted by Crippen LogP contribution is 2.51. The summed E-state index contributed by atoms with van der Waals surface area (Å²) in [5, 5.41) is 10.2. The second-order valence-corrected chi connectivity index (χ2v) is 9.72. The molecule has 0 aromatic heterocycles. The molecule has 1 saturated carbocycles. The minimum Gasteiger partial charge on any atom is -0.508 e. The molecule has 2 aliphatic rings. The smallest absolute Gasteiger partial charge is 0.115 e. The van der Waals surface area contributed by atoms with Crippen LogP contribution in [0.25, 0.3) is 0 Å². The summed E-state index contributed by atoms with van der Waals surface area (Å²) in [6.07, 6.45) is 6.07. The van der Waals surface area contributed by atoms with E-state index in [4.69, 9.17) is 0 Å². The van der Waals surface area contributed by atoms with Gasteiger partial charge in [0.2, 0.25) is 0 Å². The first-order valence-electron chi connectivity index (χ1n) is 11.8. The highest BCUT2D eigenvalue weighted by atomic mass is 35.5. The quantitative estimate of drug-likeness (QED) is 0.533. The van der Waals surface area contributed by atoms with E-state index in [0.717, 1.165) is 19.5 Å². The van der Waals surface area contributed by atoms with Crippen molar-refractivity contribution in [2.45, 2.75) is 63.5 Å².